The molecule has 0 radical (unpaired) electrons. The summed E-state index contributed by atoms with van der Waals surface area (Å²) >= 11 is 0. The van der Waals surface area contributed by atoms with Crippen LogP contribution in [0.15, 0.2) is 0 Å². The van der Waals surface area contributed by atoms with Gasteiger partial charge in [0.1, 0.15) is 0 Å². The van der Waals surface area contributed by atoms with Crippen molar-refractivity contribution in [1.29, 1.82) is 0 Å². The molecular weight excluding hydrogens is 242 g/mol. The lowest BCUT2D eigenvalue weighted by molar-refractivity contribution is 0.586. The van der Waals surface area contributed by atoms with E-state index in [1.807, 2.05) is 0 Å². The van der Waals surface area contributed by atoms with Crippen LogP contribution in [0.2, 0.25) is 0 Å². The highest BCUT2D eigenvalue weighted by Crippen LogP contribution is 2.38. The lowest BCUT2D eigenvalue weighted by atomic mass is 10.1. The molecule has 0 heterocycles. The van der Waals surface area contributed by atoms with E-state index in [1.165, 1.54) is 78.9 Å². The standard InChI is InChI=1S/C15H34P2/c1-3-5-7-8-9-10-11-13-15-17-16-14-12-6-4-2/h16-17H,3-15H2,1-2H3/p+1. The summed E-state index contributed by atoms with van der Waals surface area (Å²) in [6.07, 6.45) is 19.3. The van der Waals surface area contributed by atoms with Crippen molar-refractivity contribution in [2.24, 2.45) is 0 Å². The van der Waals surface area contributed by atoms with Crippen LogP contribution in [0.4, 0.5) is 0 Å². The van der Waals surface area contributed by atoms with E-state index in [2.05, 4.69) is 13.8 Å². The second-order valence-electron chi connectivity index (χ2n) is 5.13. The quantitative estimate of drug-likeness (QED) is 0.257. The molecular formula is C15H35P2+. The molecule has 0 saturated heterocycles. The van der Waals surface area contributed by atoms with Crippen LogP contribution in [0.3, 0.4) is 0 Å². The predicted octanol–water partition coefficient (Wildman–Crippen LogP) is 6.32. The van der Waals surface area contributed by atoms with Crippen LogP contribution in [0.1, 0.15) is 84.5 Å². The fourth-order valence-corrected chi connectivity index (χ4v) is 5.87. The average Bonchev–Trinajstić information content (AvgIpc) is 2.35. The molecule has 2 unspecified atom stereocenters. The minimum absolute atomic E-state index is 0.825. The lowest BCUT2D eigenvalue weighted by Crippen LogP contribution is -1.81. The van der Waals surface area contributed by atoms with Crippen molar-refractivity contribution in [3.63, 3.8) is 0 Å². The van der Waals surface area contributed by atoms with Gasteiger partial charge in [-0.05, 0) is 19.0 Å². The van der Waals surface area contributed by atoms with E-state index in [4.69, 9.17) is 0 Å². The normalized spacial score (nSPS) is 12.4. The number of hydrogen-bond acceptors (Lipinski definition) is 0. The van der Waals surface area contributed by atoms with Gasteiger partial charge in [0, 0.05) is 16.5 Å². The fourth-order valence-electron chi connectivity index (χ4n) is 2.06. The van der Waals surface area contributed by atoms with Gasteiger partial charge in [0.05, 0.1) is 6.16 Å². The minimum atomic E-state index is 0.825. The van der Waals surface area contributed by atoms with Gasteiger partial charge in [0.25, 0.3) is 0 Å². The largest absolute Gasteiger partial charge is 0.0654 e. The molecule has 0 rings (SSSR count). The summed E-state index contributed by atoms with van der Waals surface area (Å²) in [6, 6.07) is 0. The number of unbranched alkanes of at least 4 members (excludes halogenated alkanes) is 9. The molecule has 0 aromatic heterocycles. The summed E-state index contributed by atoms with van der Waals surface area (Å²) in [5.41, 5.74) is 0. The molecule has 0 aliphatic rings. The van der Waals surface area contributed by atoms with E-state index in [0.29, 0.717) is 0 Å². The first-order chi connectivity index (χ1) is 8.41. The lowest BCUT2D eigenvalue weighted by Gasteiger charge is -2.00. The van der Waals surface area contributed by atoms with Crippen LogP contribution in [-0.2, 0) is 0 Å². The molecule has 2 atom stereocenters. The molecule has 0 spiro atoms. The Morgan fingerprint density at radius 2 is 1.18 bits per heavy atom. The van der Waals surface area contributed by atoms with Gasteiger partial charge in [-0.3, -0.25) is 0 Å². The van der Waals surface area contributed by atoms with Crippen LogP contribution in [0.5, 0.6) is 0 Å². The molecule has 0 amide bonds. The number of hydrogen-bond donors (Lipinski definition) is 0. The Bertz CT molecular complexity index is 112. The third-order valence-corrected chi connectivity index (χ3v) is 7.50. The Morgan fingerprint density at radius 3 is 1.82 bits per heavy atom. The second-order valence-corrected chi connectivity index (χ2v) is 9.47. The summed E-state index contributed by atoms with van der Waals surface area (Å²) in [4.78, 5) is 0. The maximum Gasteiger partial charge on any atom is 0.0569 e. The maximum absolute atomic E-state index is 2.30. The highest BCUT2D eigenvalue weighted by molar-refractivity contribution is 8.11. The number of rotatable bonds is 14. The van der Waals surface area contributed by atoms with E-state index >= 15 is 0 Å². The summed E-state index contributed by atoms with van der Waals surface area (Å²) in [6.45, 7) is 4.60. The first-order valence-electron chi connectivity index (χ1n) is 7.96. The Labute approximate surface area is 114 Å². The Balaban J connectivity index is 2.85. The Kier molecular flexibility index (Phi) is 17.7. The monoisotopic (exact) mass is 277 g/mol. The zero-order valence-corrected chi connectivity index (χ0v) is 14.4. The van der Waals surface area contributed by atoms with E-state index in [-0.39, 0.29) is 0 Å². The summed E-state index contributed by atoms with van der Waals surface area (Å²) in [5.74, 6) is 0. The van der Waals surface area contributed by atoms with Gasteiger partial charge in [-0.1, -0.05) is 71.6 Å². The van der Waals surface area contributed by atoms with Gasteiger partial charge in [-0.15, -0.1) is 0 Å². The van der Waals surface area contributed by atoms with Crippen LogP contribution >= 0.6 is 16.5 Å². The molecule has 0 nitrogen and oxygen atoms in total. The van der Waals surface area contributed by atoms with E-state index < -0.39 is 0 Å². The van der Waals surface area contributed by atoms with Gasteiger partial charge < -0.3 is 0 Å². The summed E-state index contributed by atoms with van der Waals surface area (Å²) in [5, 5.41) is 0. The molecule has 0 fully saturated rings. The maximum atomic E-state index is 2.30. The van der Waals surface area contributed by atoms with Crippen molar-refractivity contribution in [2.75, 3.05) is 12.3 Å². The van der Waals surface area contributed by atoms with Crippen molar-refractivity contribution >= 4 is 16.5 Å². The van der Waals surface area contributed by atoms with Gasteiger partial charge in [0.15, 0.2) is 0 Å². The summed E-state index contributed by atoms with van der Waals surface area (Å²) < 4.78 is 0. The zero-order chi connectivity index (χ0) is 12.6. The third-order valence-electron chi connectivity index (χ3n) is 3.27. The van der Waals surface area contributed by atoms with Crippen LogP contribution < -0.4 is 0 Å². The van der Waals surface area contributed by atoms with Gasteiger partial charge in [-0.2, -0.15) is 0 Å². The third kappa shape index (κ3) is 16.9. The van der Waals surface area contributed by atoms with Crippen molar-refractivity contribution in [3.05, 3.63) is 0 Å². The van der Waals surface area contributed by atoms with Crippen molar-refractivity contribution in [1.82, 2.24) is 0 Å². The fraction of sp³-hybridized carbons (Fsp3) is 1.00. The highest BCUT2D eigenvalue weighted by Gasteiger charge is 1.96. The topological polar surface area (TPSA) is 0 Å². The molecule has 2 heteroatoms. The Hall–Kier alpha value is 0.860. The van der Waals surface area contributed by atoms with E-state index in [9.17, 15) is 0 Å². The average molecular weight is 277 g/mol. The molecule has 0 aromatic rings. The zero-order valence-electron chi connectivity index (χ0n) is 12.3. The molecule has 17 heavy (non-hydrogen) atoms. The van der Waals surface area contributed by atoms with E-state index in [0.717, 1.165) is 8.27 Å². The highest BCUT2D eigenvalue weighted by atomic mass is 32.0. The summed E-state index contributed by atoms with van der Waals surface area (Å²) in [7, 11) is 2.16. The molecule has 0 bridgehead atoms. The predicted molar refractivity (Wildman–Crippen MR) is 89.9 cm³/mol. The van der Waals surface area contributed by atoms with Gasteiger partial charge in [-0.25, -0.2) is 0 Å². The first-order valence-corrected chi connectivity index (χ1v) is 11.8. The smallest absolute Gasteiger partial charge is 0.0569 e. The van der Waals surface area contributed by atoms with Crippen molar-refractivity contribution < 1.29 is 0 Å². The van der Waals surface area contributed by atoms with Crippen molar-refractivity contribution in [3.8, 4) is 0 Å². The SMILES string of the molecule is CCCCCCCCCCP[PH2+]CCCCC. The van der Waals surface area contributed by atoms with Crippen molar-refractivity contribution in [2.45, 2.75) is 84.5 Å². The first kappa shape index (κ1) is 17.9. The van der Waals surface area contributed by atoms with Crippen LogP contribution in [0, 0.1) is 0 Å². The van der Waals surface area contributed by atoms with Gasteiger partial charge in [0.2, 0.25) is 0 Å². The van der Waals surface area contributed by atoms with Gasteiger partial charge >= 0.3 is 0 Å². The molecule has 0 saturated carbocycles. The minimum Gasteiger partial charge on any atom is -0.0654 e. The second kappa shape index (κ2) is 16.9. The van der Waals surface area contributed by atoms with E-state index in [1.54, 1.807) is 12.3 Å². The molecule has 0 N–H and O–H groups in total. The van der Waals surface area contributed by atoms with Crippen LogP contribution in [-0.4, -0.2) is 12.3 Å². The molecule has 0 aliphatic heterocycles. The Morgan fingerprint density at radius 1 is 0.647 bits per heavy atom. The molecule has 0 aromatic carbocycles. The molecule has 0 aliphatic carbocycles. The van der Waals surface area contributed by atoms with Crippen LogP contribution in [0.25, 0.3) is 0 Å². The molecule has 104 valence electrons.